The Morgan fingerprint density at radius 2 is 1.80 bits per heavy atom. The van der Waals surface area contributed by atoms with Crippen LogP contribution in [0.4, 0.5) is 18.6 Å². The second-order valence-electron chi connectivity index (χ2n) is 15.2. The molecule has 3 heterocycles. The van der Waals surface area contributed by atoms with Gasteiger partial charge in [-0.25, -0.2) is 13.6 Å². The van der Waals surface area contributed by atoms with E-state index in [2.05, 4.69) is 46.4 Å². The molecule has 2 aliphatic rings. The number of aliphatic imine (C=N–C) groups is 1. The van der Waals surface area contributed by atoms with Crippen LogP contribution in [0.1, 0.15) is 109 Å². The van der Waals surface area contributed by atoms with Crippen LogP contribution in [0.25, 0.3) is 21.2 Å². The van der Waals surface area contributed by atoms with Gasteiger partial charge >= 0.3 is 6.09 Å². The van der Waals surface area contributed by atoms with Crippen molar-refractivity contribution >= 4 is 44.1 Å². The average molecular weight is 779 g/mol. The molecule has 5 rings (SSSR count). The first-order valence-electron chi connectivity index (χ1n) is 19.1. The third kappa shape index (κ3) is 9.72. The molecule has 1 saturated heterocycles. The highest BCUT2D eigenvalue weighted by molar-refractivity contribution is 7.23. The number of thiophene rings is 1. The fourth-order valence-electron chi connectivity index (χ4n) is 6.61. The third-order valence-electron chi connectivity index (χ3n) is 9.30. The van der Waals surface area contributed by atoms with E-state index in [1.54, 1.807) is 27.7 Å². The van der Waals surface area contributed by atoms with Gasteiger partial charge in [-0.05, 0) is 96.5 Å². The van der Waals surface area contributed by atoms with E-state index in [1.807, 2.05) is 27.9 Å². The summed E-state index contributed by atoms with van der Waals surface area (Å²) in [5.74, 6) is -0.356. The van der Waals surface area contributed by atoms with E-state index in [0.29, 0.717) is 39.7 Å². The fourth-order valence-corrected chi connectivity index (χ4v) is 7.66. The van der Waals surface area contributed by atoms with Crippen molar-refractivity contribution in [1.29, 1.82) is 5.26 Å². The number of rotatable bonds is 11. The van der Waals surface area contributed by atoms with E-state index in [0.717, 1.165) is 43.1 Å². The number of likely N-dealkylation sites (tertiary alicyclic amines) is 1. The van der Waals surface area contributed by atoms with Crippen molar-refractivity contribution in [2.24, 2.45) is 4.99 Å². The molecule has 10 nitrogen and oxygen atoms in total. The lowest BCUT2D eigenvalue weighted by atomic mass is 9.87. The third-order valence-corrected chi connectivity index (χ3v) is 10.4. The molecule has 1 atom stereocenters. The van der Waals surface area contributed by atoms with Gasteiger partial charge in [0.05, 0.1) is 18.8 Å². The van der Waals surface area contributed by atoms with Crippen molar-refractivity contribution in [1.82, 2.24) is 15.1 Å². The number of amidine groups is 1. The van der Waals surface area contributed by atoms with E-state index in [-0.39, 0.29) is 51.6 Å². The van der Waals surface area contributed by atoms with Gasteiger partial charge in [0, 0.05) is 45.9 Å². The lowest BCUT2D eigenvalue weighted by molar-refractivity contribution is -0.118. The minimum atomic E-state index is -0.789. The van der Waals surface area contributed by atoms with Crippen LogP contribution in [0.3, 0.4) is 0 Å². The first kappa shape index (κ1) is 43.3. The molecule has 2 aliphatic heterocycles. The molecule has 298 valence electrons. The number of ether oxygens (including phenoxy) is 2. The molecule has 2 N–H and O–H groups in total. The summed E-state index contributed by atoms with van der Waals surface area (Å²) in [6, 6.07) is 4.57. The number of hydrogen-bond acceptors (Lipinski definition) is 9. The molecular formula is C42H56F2N6O4S. The van der Waals surface area contributed by atoms with Crippen LogP contribution < -0.4 is 10.6 Å². The summed E-state index contributed by atoms with van der Waals surface area (Å²) in [7, 11) is 4.09. The Labute approximate surface area is 328 Å². The summed E-state index contributed by atoms with van der Waals surface area (Å²) in [5.41, 5.74) is 0.847. The van der Waals surface area contributed by atoms with Crippen molar-refractivity contribution in [2.45, 2.75) is 119 Å². The van der Waals surface area contributed by atoms with Gasteiger partial charge in [0.15, 0.2) is 5.78 Å². The zero-order chi connectivity index (χ0) is 40.8. The molecule has 1 unspecified atom stereocenters. The average Bonchev–Trinajstić information content (AvgIpc) is 3.68. The second-order valence-corrected chi connectivity index (χ2v) is 16.3. The van der Waals surface area contributed by atoms with Crippen LogP contribution in [0.15, 0.2) is 29.0 Å². The topological polar surface area (TPSA) is 119 Å². The van der Waals surface area contributed by atoms with E-state index >= 15 is 8.78 Å². The maximum Gasteiger partial charge on any atom is 0.412 e. The Balaban J connectivity index is 0.00000217. The quantitative estimate of drug-likeness (QED) is 0.146. The Morgan fingerprint density at radius 3 is 2.36 bits per heavy atom. The van der Waals surface area contributed by atoms with Gasteiger partial charge in [-0.15, -0.1) is 11.3 Å². The van der Waals surface area contributed by atoms with Gasteiger partial charge < -0.3 is 24.6 Å². The van der Waals surface area contributed by atoms with Crippen molar-refractivity contribution in [2.75, 3.05) is 32.5 Å². The van der Waals surface area contributed by atoms with E-state index < -0.39 is 29.4 Å². The summed E-state index contributed by atoms with van der Waals surface area (Å²) in [5, 5.41) is 16.8. The first-order chi connectivity index (χ1) is 26.0. The number of benzene rings is 2. The molecule has 0 spiro atoms. The standard InChI is InChI=1S/C39H48F2N6O4S.C3H8/c1-10-12-28(22(4)48)43-36(44-30(13-11-2)47-17-23(18-47)46(8)9)31-21(3)35(41)33(26-20-50-19-25(26)31)34-27(40)14-15-29-32(34)24(16-42)37(52-29)45-38(49)51-39(5,6)7;1-3-2/h13-15,23,28H,10-12,17-20H2,1-9H3,(H,43,44)(H,45,49);3H2,1-2H3/b30-13-;. The van der Waals surface area contributed by atoms with E-state index in [1.165, 1.54) is 25.5 Å². The highest BCUT2D eigenvalue weighted by Crippen LogP contribution is 2.47. The normalized spacial score (nSPS) is 15.3. The predicted octanol–water partition coefficient (Wildman–Crippen LogP) is 9.41. The number of anilines is 1. The summed E-state index contributed by atoms with van der Waals surface area (Å²) in [4.78, 5) is 34.9. The molecule has 3 aromatic rings. The number of nitriles is 1. The SMILES string of the molecule is CC/C=C(/NC(=NC(CCC)C(C)=O)c1c(C)c(F)c(-c2c(F)ccc3sc(NC(=O)OC(C)(C)C)c(C#N)c23)c2c1COC2)N1CC(N(C)C)C1.CCC. The van der Waals surface area contributed by atoms with Crippen molar-refractivity contribution in [3.05, 3.63) is 63.5 Å². The highest BCUT2D eigenvalue weighted by Gasteiger charge is 2.35. The Morgan fingerprint density at radius 1 is 1.15 bits per heavy atom. The van der Waals surface area contributed by atoms with Crippen LogP contribution >= 0.6 is 11.3 Å². The molecule has 55 heavy (non-hydrogen) atoms. The Bertz CT molecular complexity index is 2000. The van der Waals surface area contributed by atoms with Crippen LogP contribution in [0.5, 0.6) is 0 Å². The molecule has 0 radical (unpaired) electrons. The minimum absolute atomic E-state index is 0.00172. The predicted molar refractivity (Wildman–Crippen MR) is 217 cm³/mol. The maximum atomic E-state index is 17.2. The monoisotopic (exact) mass is 778 g/mol. The van der Waals surface area contributed by atoms with Gasteiger partial charge in [-0.1, -0.05) is 40.5 Å². The van der Waals surface area contributed by atoms with Gasteiger partial charge in [-0.3, -0.25) is 15.1 Å². The number of nitrogens with zero attached hydrogens (tertiary/aromatic N) is 4. The number of halogens is 2. The number of carbonyl (C=O) groups excluding carboxylic acids is 2. The largest absolute Gasteiger partial charge is 0.444 e. The molecule has 0 aliphatic carbocycles. The molecule has 2 aromatic carbocycles. The zero-order valence-electron chi connectivity index (χ0n) is 34.1. The number of allylic oxidation sites excluding steroid dienone is 1. The van der Waals surface area contributed by atoms with Crippen LogP contribution in [-0.4, -0.2) is 72.4 Å². The number of likely N-dealkylation sites (N-methyl/N-ethyl adjacent to an activating group) is 1. The molecule has 1 aromatic heterocycles. The number of carbonyl (C=O) groups is 2. The fraction of sp³-hybridized carbons (Fsp3) is 0.524. The first-order valence-corrected chi connectivity index (χ1v) is 19.9. The lowest BCUT2D eigenvalue weighted by Crippen LogP contribution is -2.58. The van der Waals surface area contributed by atoms with Crippen LogP contribution in [0.2, 0.25) is 0 Å². The minimum Gasteiger partial charge on any atom is -0.444 e. The maximum absolute atomic E-state index is 17.2. The van der Waals surface area contributed by atoms with Crippen molar-refractivity contribution < 1.29 is 27.8 Å². The van der Waals surface area contributed by atoms with Gasteiger partial charge in [0.25, 0.3) is 0 Å². The number of nitrogens with one attached hydrogen (secondary N) is 2. The molecule has 1 amide bonds. The second kappa shape index (κ2) is 18.5. The van der Waals surface area contributed by atoms with Gasteiger partial charge in [-0.2, -0.15) is 5.26 Å². The molecular weight excluding hydrogens is 723 g/mol. The molecule has 0 bridgehead atoms. The Kier molecular flexibility index (Phi) is 14.6. The summed E-state index contributed by atoms with van der Waals surface area (Å²) >= 11 is 1.08. The highest BCUT2D eigenvalue weighted by atomic mass is 32.1. The summed E-state index contributed by atoms with van der Waals surface area (Å²) in [6.07, 6.45) is 4.50. The summed E-state index contributed by atoms with van der Waals surface area (Å²) < 4.78 is 45.3. The van der Waals surface area contributed by atoms with Crippen molar-refractivity contribution in [3.8, 4) is 17.2 Å². The lowest BCUT2D eigenvalue weighted by Gasteiger charge is -2.45. The number of amides is 1. The van der Waals surface area contributed by atoms with Crippen molar-refractivity contribution in [3.63, 3.8) is 0 Å². The van der Waals surface area contributed by atoms with Crippen LogP contribution in [0, 0.1) is 29.9 Å². The number of fused-ring (bicyclic) bond motifs is 2. The Hall–Kier alpha value is -4.38. The molecule has 0 saturated carbocycles. The van der Waals surface area contributed by atoms with E-state index in [4.69, 9.17) is 14.5 Å². The smallest absolute Gasteiger partial charge is 0.412 e. The zero-order valence-corrected chi connectivity index (χ0v) is 34.9. The van der Waals surface area contributed by atoms with Crippen LogP contribution in [-0.2, 0) is 27.5 Å². The molecule has 1 fully saturated rings. The van der Waals surface area contributed by atoms with Gasteiger partial charge in [0.2, 0.25) is 0 Å². The number of hydrogen-bond donors (Lipinski definition) is 2. The number of Topliss-reactive ketones (excluding diaryl/α,β-unsaturated/α-hetero) is 1. The number of ketones is 1. The molecule has 13 heteroatoms. The van der Waals surface area contributed by atoms with E-state index in [9.17, 15) is 14.9 Å². The summed E-state index contributed by atoms with van der Waals surface area (Å²) in [6.45, 7) is 18.2. The van der Waals surface area contributed by atoms with Gasteiger partial charge in [0.1, 0.15) is 46.0 Å².